The maximum absolute atomic E-state index is 12.8. The third kappa shape index (κ3) is 4.18. The first-order chi connectivity index (χ1) is 15.4. The number of Topliss-reactive ketones (excluding diaryl/α,β-unsaturated/α-hetero) is 1. The Balaban J connectivity index is 1.61. The Hall–Kier alpha value is -3.77. The first-order valence-electron chi connectivity index (χ1n) is 9.68. The van der Waals surface area contributed by atoms with Gasteiger partial charge in [-0.3, -0.25) is 4.79 Å². The molecule has 0 bridgehead atoms. The van der Waals surface area contributed by atoms with E-state index < -0.39 is 5.97 Å². The SMILES string of the molecule is COc1cc(OC)cc(C(=O)Oc2ccc3c(c2C)O/C(=C\c2cccc(Cl)c2)C3=O)c1. The Kier molecular flexibility index (Phi) is 5.88. The van der Waals surface area contributed by atoms with Crippen LogP contribution in [-0.2, 0) is 0 Å². The van der Waals surface area contributed by atoms with Crippen molar-refractivity contribution in [2.75, 3.05) is 14.2 Å². The minimum absolute atomic E-state index is 0.173. The van der Waals surface area contributed by atoms with Crippen molar-refractivity contribution in [1.29, 1.82) is 0 Å². The Morgan fingerprint density at radius 1 is 1.00 bits per heavy atom. The number of benzene rings is 3. The van der Waals surface area contributed by atoms with E-state index >= 15 is 0 Å². The van der Waals surface area contributed by atoms with E-state index in [2.05, 4.69) is 0 Å². The fourth-order valence-corrected chi connectivity index (χ4v) is 3.51. The van der Waals surface area contributed by atoms with Gasteiger partial charge in [-0.05, 0) is 55.0 Å². The molecule has 0 amide bonds. The molecule has 3 aromatic carbocycles. The van der Waals surface area contributed by atoms with Crippen LogP contribution in [0.15, 0.2) is 60.4 Å². The van der Waals surface area contributed by atoms with Crippen LogP contribution in [0.2, 0.25) is 5.02 Å². The molecule has 1 heterocycles. The fourth-order valence-electron chi connectivity index (χ4n) is 3.31. The molecular weight excluding hydrogens is 432 g/mol. The molecule has 4 rings (SSSR count). The second-order valence-electron chi connectivity index (χ2n) is 7.05. The Morgan fingerprint density at radius 3 is 2.38 bits per heavy atom. The molecule has 0 radical (unpaired) electrons. The van der Waals surface area contributed by atoms with Crippen LogP contribution in [0.3, 0.4) is 0 Å². The minimum Gasteiger partial charge on any atom is -0.497 e. The molecule has 162 valence electrons. The molecule has 0 fully saturated rings. The summed E-state index contributed by atoms with van der Waals surface area (Å²) in [6.45, 7) is 1.73. The van der Waals surface area contributed by atoms with Gasteiger partial charge in [0.25, 0.3) is 0 Å². The summed E-state index contributed by atoms with van der Waals surface area (Å²) in [6, 6.07) is 15.0. The molecule has 1 aliphatic rings. The van der Waals surface area contributed by atoms with Crippen LogP contribution in [-0.4, -0.2) is 26.0 Å². The number of carbonyl (C=O) groups is 2. The normalized spacial score (nSPS) is 13.5. The van der Waals surface area contributed by atoms with Gasteiger partial charge >= 0.3 is 5.97 Å². The van der Waals surface area contributed by atoms with E-state index in [9.17, 15) is 9.59 Å². The van der Waals surface area contributed by atoms with Gasteiger partial charge in [0.1, 0.15) is 23.0 Å². The number of esters is 1. The minimum atomic E-state index is -0.593. The van der Waals surface area contributed by atoms with Crippen molar-refractivity contribution in [3.05, 3.63) is 87.6 Å². The van der Waals surface area contributed by atoms with Crippen LogP contribution >= 0.6 is 11.6 Å². The lowest BCUT2D eigenvalue weighted by Gasteiger charge is -2.11. The second kappa shape index (κ2) is 8.77. The summed E-state index contributed by atoms with van der Waals surface area (Å²) in [5.74, 6) is 0.900. The molecule has 7 heteroatoms. The molecule has 0 saturated heterocycles. The second-order valence-corrected chi connectivity index (χ2v) is 7.49. The highest BCUT2D eigenvalue weighted by atomic mass is 35.5. The number of fused-ring (bicyclic) bond motifs is 1. The Morgan fingerprint density at radius 2 is 1.72 bits per heavy atom. The summed E-state index contributed by atoms with van der Waals surface area (Å²) in [5.41, 5.74) is 1.94. The third-order valence-electron chi connectivity index (χ3n) is 4.97. The largest absolute Gasteiger partial charge is 0.497 e. The van der Waals surface area contributed by atoms with Crippen LogP contribution in [0.4, 0.5) is 0 Å². The van der Waals surface area contributed by atoms with Crippen molar-refractivity contribution in [2.45, 2.75) is 6.92 Å². The molecule has 6 nitrogen and oxygen atoms in total. The zero-order chi connectivity index (χ0) is 22.8. The van der Waals surface area contributed by atoms with Crippen LogP contribution < -0.4 is 18.9 Å². The standard InChI is InChI=1S/C25H19ClO6/c1-14-21(32-25(28)16-11-18(29-2)13-19(12-16)30-3)8-7-20-23(27)22(31-24(14)20)10-15-5-4-6-17(26)9-15/h4-13H,1-3H3/b22-10-. The van der Waals surface area contributed by atoms with Gasteiger partial charge in [0, 0.05) is 16.7 Å². The quantitative estimate of drug-likeness (QED) is 0.290. The van der Waals surface area contributed by atoms with Crippen molar-refractivity contribution >= 4 is 29.4 Å². The number of carbonyl (C=O) groups excluding carboxylic acids is 2. The maximum atomic E-state index is 12.8. The number of halogens is 1. The summed E-state index contributed by atoms with van der Waals surface area (Å²) >= 11 is 6.02. The van der Waals surface area contributed by atoms with E-state index in [4.69, 9.17) is 30.5 Å². The van der Waals surface area contributed by atoms with Gasteiger partial charge in [0.2, 0.25) is 5.78 Å². The molecule has 32 heavy (non-hydrogen) atoms. The maximum Gasteiger partial charge on any atom is 0.343 e. The van der Waals surface area contributed by atoms with Crippen LogP contribution in [0, 0.1) is 6.92 Å². The number of allylic oxidation sites excluding steroid dienone is 1. The molecular formula is C25H19ClO6. The number of methoxy groups -OCH3 is 2. The van der Waals surface area contributed by atoms with Crippen LogP contribution in [0.25, 0.3) is 6.08 Å². The lowest BCUT2D eigenvalue weighted by molar-refractivity contribution is 0.0732. The number of ether oxygens (including phenoxy) is 4. The molecule has 0 spiro atoms. The van der Waals surface area contributed by atoms with Gasteiger partial charge in [-0.15, -0.1) is 0 Å². The molecule has 0 N–H and O–H groups in total. The van der Waals surface area contributed by atoms with Crippen LogP contribution in [0.1, 0.15) is 31.8 Å². The van der Waals surface area contributed by atoms with E-state index in [1.807, 2.05) is 6.07 Å². The van der Waals surface area contributed by atoms with Gasteiger partial charge in [0.05, 0.1) is 25.3 Å². The van der Waals surface area contributed by atoms with Crippen molar-refractivity contribution < 1.29 is 28.5 Å². The lowest BCUT2D eigenvalue weighted by atomic mass is 10.1. The highest BCUT2D eigenvalue weighted by Crippen LogP contribution is 2.39. The number of hydrogen-bond acceptors (Lipinski definition) is 6. The Bertz CT molecular complexity index is 1240. The highest BCUT2D eigenvalue weighted by molar-refractivity contribution is 6.30. The van der Waals surface area contributed by atoms with Crippen molar-refractivity contribution in [1.82, 2.24) is 0 Å². The lowest BCUT2D eigenvalue weighted by Crippen LogP contribution is -2.10. The highest BCUT2D eigenvalue weighted by Gasteiger charge is 2.30. The van der Waals surface area contributed by atoms with E-state index in [-0.39, 0.29) is 22.9 Å². The first-order valence-corrected chi connectivity index (χ1v) is 10.1. The summed E-state index contributed by atoms with van der Waals surface area (Å²) in [6.07, 6.45) is 1.63. The zero-order valence-electron chi connectivity index (χ0n) is 17.6. The van der Waals surface area contributed by atoms with Gasteiger partial charge in [0.15, 0.2) is 5.76 Å². The van der Waals surface area contributed by atoms with Gasteiger partial charge in [-0.25, -0.2) is 4.79 Å². The van der Waals surface area contributed by atoms with E-state index in [0.29, 0.717) is 33.4 Å². The van der Waals surface area contributed by atoms with E-state index in [1.54, 1.807) is 61.5 Å². The Labute approximate surface area is 189 Å². The summed E-state index contributed by atoms with van der Waals surface area (Å²) < 4.78 is 21.8. The van der Waals surface area contributed by atoms with Crippen LogP contribution in [0.5, 0.6) is 23.0 Å². The zero-order valence-corrected chi connectivity index (χ0v) is 18.4. The fraction of sp³-hybridized carbons (Fsp3) is 0.120. The van der Waals surface area contributed by atoms with E-state index in [0.717, 1.165) is 5.56 Å². The van der Waals surface area contributed by atoms with Gasteiger partial charge in [-0.1, -0.05) is 23.7 Å². The predicted molar refractivity (Wildman–Crippen MR) is 120 cm³/mol. The smallest absolute Gasteiger partial charge is 0.343 e. The summed E-state index contributed by atoms with van der Waals surface area (Å²) in [7, 11) is 2.99. The first kappa shape index (κ1) is 21.5. The molecule has 0 aliphatic carbocycles. The average Bonchev–Trinajstić information content (AvgIpc) is 3.11. The van der Waals surface area contributed by atoms with E-state index in [1.165, 1.54) is 14.2 Å². The van der Waals surface area contributed by atoms with Gasteiger partial charge < -0.3 is 18.9 Å². The van der Waals surface area contributed by atoms with Gasteiger partial charge in [-0.2, -0.15) is 0 Å². The molecule has 0 aromatic heterocycles. The monoisotopic (exact) mass is 450 g/mol. The number of rotatable bonds is 5. The van der Waals surface area contributed by atoms with Crippen molar-refractivity contribution in [3.63, 3.8) is 0 Å². The molecule has 0 atom stereocenters. The predicted octanol–water partition coefficient (Wildman–Crippen LogP) is 5.50. The van der Waals surface area contributed by atoms with Crippen molar-refractivity contribution in [2.24, 2.45) is 0 Å². The topological polar surface area (TPSA) is 71.1 Å². The average molecular weight is 451 g/mol. The number of hydrogen-bond donors (Lipinski definition) is 0. The molecule has 3 aromatic rings. The molecule has 0 saturated carbocycles. The number of ketones is 1. The van der Waals surface area contributed by atoms with Crippen molar-refractivity contribution in [3.8, 4) is 23.0 Å². The molecule has 0 unspecified atom stereocenters. The summed E-state index contributed by atoms with van der Waals surface area (Å²) in [4.78, 5) is 25.5. The molecule has 1 aliphatic heterocycles. The summed E-state index contributed by atoms with van der Waals surface area (Å²) in [5, 5.41) is 0.557. The third-order valence-corrected chi connectivity index (χ3v) is 5.21.